The molecule has 3 aliphatic rings. The largest absolute Gasteiger partial charge is 0.373 e. The molecule has 3 fully saturated rings. The first-order valence-electron chi connectivity index (χ1n) is 8.77. The van der Waals surface area contributed by atoms with Crippen LogP contribution in [0.4, 0.5) is 0 Å². The van der Waals surface area contributed by atoms with Crippen molar-refractivity contribution >= 4 is 5.91 Å². The minimum atomic E-state index is -0.150. The number of carbonyl (C=O) groups excluding carboxylic acids is 1. The number of hydrogen-bond donors (Lipinski definition) is 0. The fraction of sp³-hybridized carbons (Fsp3) is 0.765. The molecule has 0 bridgehead atoms. The Hall–Kier alpha value is -1.40. The van der Waals surface area contributed by atoms with E-state index in [1.54, 1.807) is 0 Å². The summed E-state index contributed by atoms with van der Waals surface area (Å²) in [5.74, 6) is 0.144. The molecule has 0 radical (unpaired) electrons. The van der Waals surface area contributed by atoms with Crippen molar-refractivity contribution in [2.24, 2.45) is 5.92 Å². The third kappa shape index (κ3) is 2.68. The lowest BCUT2D eigenvalue weighted by molar-refractivity contribution is -0.171. The van der Waals surface area contributed by atoms with Crippen molar-refractivity contribution in [3.63, 3.8) is 0 Å². The van der Waals surface area contributed by atoms with E-state index in [9.17, 15) is 4.79 Å². The summed E-state index contributed by atoms with van der Waals surface area (Å²) >= 11 is 0. The quantitative estimate of drug-likeness (QED) is 0.852. The highest BCUT2D eigenvalue weighted by atomic mass is 16.5. The van der Waals surface area contributed by atoms with Gasteiger partial charge in [0.05, 0.1) is 30.4 Å². The fourth-order valence-electron chi connectivity index (χ4n) is 4.01. The fourth-order valence-corrected chi connectivity index (χ4v) is 4.01. The standard InChI is InChI=1S/C17H25N3O3/c1-2-20-11-13(10-18-20)15-14(4-8-22-15)16(21)19-7-9-23-17(12-19)5-3-6-17/h10-11,14-15H,2-9,12H2,1H3/t14-,15+/m0/s1. The van der Waals surface area contributed by atoms with E-state index in [1.807, 2.05) is 22.0 Å². The lowest BCUT2D eigenvalue weighted by Gasteiger charge is -2.48. The number of rotatable bonds is 3. The lowest BCUT2D eigenvalue weighted by Crippen LogP contribution is -2.58. The van der Waals surface area contributed by atoms with Gasteiger partial charge in [-0.2, -0.15) is 5.10 Å². The van der Waals surface area contributed by atoms with Gasteiger partial charge in [0.1, 0.15) is 0 Å². The number of aryl methyl sites for hydroxylation is 1. The number of amides is 1. The number of nitrogens with zero attached hydrogens (tertiary/aromatic N) is 3. The molecular weight excluding hydrogens is 294 g/mol. The molecule has 6 heteroatoms. The van der Waals surface area contributed by atoms with Crippen LogP contribution in [-0.4, -0.2) is 52.5 Å². The predicted molar refractivity (Wildman–Crippen MR) is 83.8 cm³/mol. The van der Waals surface area contributed by atoms with Crippen molar-refractivity contribution in [3.8, 4) is 0 Å². The van der Waals surface area contributed by atoms with Gasteiger partial charge < -0.3 is 14.4 Å². The van der Waals surface area contributed by atoms with Gasteiger partial charge in [-0.3, -0.25) is 9.48 Å². The molecule has 2 saturated heterocycles. The van der Waals surface area contributed by atoms with E-state index in [2.05, 4.69) is 12.0 Å². The van der Waals surface area contributed by atoms with Crippen LogP contribution < -0.4 is 0 Å². The minimum absolute atomic E-state index is 0.0457. The third-order valence-corrected chi connectivity index (χ3v) is 5.54. The maximum atomic E-state index is 13.1. The van der Waals surface area contributed by atoms with Crippen molar-refractivity contribution in [2.75, 3.05) is 26.3 Å². The molecular formula is C17H25N3O3. The summed E-state index contributed by atoms with van der Waals surface area (Å²) in [6.07, 6.45) is 7.88. The van der Waals surface area contributed by atoms with Crippen LogP contribution in [0.1, 0.15) is 44.3 Å². The van der Waals surface area contributed by atoms with E-state index in [0.29, 0.717) is 19.8 Å². The van der Waals surface area contributed by atoms with Gasteiger partial charge in [-0.05, 0) is 32.6 Å². The first-order chi connectivity index (χ1) is 11.2. The molecule has 0 aromatic carbocycles. The Kier molecular flexibility index (Phi) is 3.89. The summed E-state index contributed by atoms with van der Waals surface area (Å²) in [4.78, 5) is 15.1. The van der Waals surface area contributed by atoms with Crippen molar-refractivity contribution in [1.29, 1.82) is 0 Å². The summed E-state index contributed by atoms with van der Waals surface area (Å²) in [7, 11) is 0. The zero-order valence-electron chi connectivity index (χ0n) is 13.7. The zero-order chi connectivity index (χ0) is 15.9. The maximum Gasteiger partial charge on any atom is 0.228 e. The van der Waals surface area contributed by atoms with Crippen LogP contribution in [0.2, 0.25) is 0 Å². The highest BCUT2D eigenvalue weighted by Gasteiger charge is 2.46. The molecule has 1 spiro atoms. The van der Waals surface area contributed by atoms with E-state index in [4.69, 9.17) is 9.47 Å². The molecule has 1 amide bonds. The van der Waals surface area contributed by atoms with E-state index >= 15 is 0 Å². The lowest BCUT2D eigenvalue weighted by atomic mass is 9.78. The Morgan fingerprint density at radius 1 is 1.43 bits per heavy atom. The third-order valence-electron chi connectivity index (χ3n) is 5.54. The van der Waals surface area contributed by atoms with Crippen LogP contribution in [0.3, 0.4) is 0 Å². The average molecular weight is 319 g/mol. The van der Waals surface area contributed by atoms with Crippen molar-refractivity contribution in [3.05, 3.63) is 18.0 Å². The van der Waals surface area contributed by atoms with Gasteiger partial charge in [0.2, 0.25) is 5.91 Å². The van der Waals surface area contributed by atoms with Gasteiger partial charge in [0.15, 0.2) is 0 Å². The molecule has 23 heavy (non-hydrogen) atoms. The maximum absolute atomic E-state index is 13.1. The zero-order valence-corrected chi connectivity index (χ0v) is 13.7. The average Bonchev–Trinajstić information content (AvgIpc) is 3.21. The second kappa shape index (κ2) is 5.91. The first kappa shape index (κ1) is 15.1. The molecule has 0 N–H and O–H groups in total. The molecule has 1 aliphatic carbocycles. The number of aromatic nitrogens is 2. The highest BCUT2D eigenvalue weighted by Crippen LogP contribution is 2.40. The number of hydrogen-bond acceptors (Lipinski definition) is 4. The van der Waals surface area contributed by atoms with Crippen LogP contribution in [-0.2, 0) is 20.8 Å². The molecule has 0 unspecified atom stereocenters. The van der Waals surface area contributed by atoms with Gasteiger partial charge in [-0.15, -0.1) is 0 Å². The molecule has 1 saturated carbocycles. The monoisotopic (exact) mass is 319 g/mol. The first-order valence-corrected chi connectivity index (χ1v) is 8.77. The van der Waals surface area contributed by atoms with Crippen LogP contribution in [0.25, 0.3) is 0 Å². The Morgan fingerprint density at radius 3 is 3.00 bits per heavy atom. The number of carbonyl (C=O) groups is 1. The Balaban J connectivity index is 1.48. The molecule has 4 rings (SSSR count). The van der Waals surface area contributed by atoms with E-state index < -0.39 is 0 Å². The van der Waals surface area contributed by atoms with Crippen molar-refractivity contribution < 1.29 is 14.3 Å². The normalized spacial score (nSPS) is 29.7. The smallest absolute Gasteiger partial charge is 0.228 e. The van der Waals surface area contributed by atoms with Crippen molar-refractivity contribution in [2.45, 2.75) is 50.9 Å². The molecule has 126 valence electrons. The number of ether oxygens (including phenoxy) is 2. The molecule has 1 aromatic rings. The molecule has 3 heterocycles. The molecule has 6 nitrogen and oxygen atoms in total. The summed E-state index contributed by atoms with van der Waals surface area (Å²) in [6, 6.07) is 0. The minimum Gasteiger partial charge on any atom is -0.373 e. The molecule has 2 aliphatic heterocycles. The number of morpholine rings is 1. The van der Waals surface area contributed by atoms with Gasteiger partial charge in [-0.1, -0.05) is 0 Å². The summed E-state index contributed by atoms with van der Waals surface area (Å²) in [5.41, 5.74) is 0.977. The SMILES string of the molecule is CCn1cc([C@H]2OCC[C@@H]2C(=O)N2CCOC3(CCC3)C2)cn1. The van der Waals surface area contributed by atoms with Crippen LogP contribution >= 0.6 is 0 Å². The molecule has 1 aromatic heterocycles. The van der Waals surface area contributed by atoms with Gasteiger partial charge in [-0.25, -0.2) is 0 Å². The van der Waals surface area contributed by atoms with E-state index in [1.165, 1.54) is 6.42 Å². The van der Waals surface area contributed by atoms with Gasteiger partial charge in [0.25, 0.3) is 0 Å². The Morgan fingerprint density at radius 2 is 2.30 bits per heavy atom. The van der Waals surface area contributed by atoms with Gasteiger partial charge >= 0.3 is 0 Å². The van der Waals surface area contributed by atoms with E-state index in [-0.39, 0.29) is 23.5 Å². The summed E-state index contributed by atoms with van der Waals surface area (Å²) < 4.78 is 13.7. The predicted octanol–water partition coefficient (Wildman–Crippen LogP) is 1.76. The van der Waals surface area contributed by atoms with Crippen LogP contribution in [0.15, 0.2) is 12.4 Å². The van der Waals surface area contributed by atoms with Crippen molar-refractivity contribution in [1.82, 2.24) is 14.7 Å². The topological polar surface area (TPSA) is 56.6 Å². The van der Waals surface area contributed by atoms with Crippen LogP contribution in [0, 0.1) is 5.92 Å². The van der Waals surface area contributed by atoms with Crippen LogP contribution in [0.5, 0.6) is 0 Å². The second-order valence-electron chi connectivity index (χ2n) is 6.96. The molecule has 2 atom stereocenters. The summed E-state index contributed by atoms with van der Waals surface area (Å²) in [5, 5.41) is 4.32. The Bertz CT molecular complexity index is 581. The Labute approximate surface area is 136 Å². The van der Waals surface area contributed by atoms with E-state index in [0.717, 1.165) is 37.9 Å². The summed E-state index contributed by atoms with van der Waals surface area (Å²) in [6.45, 7) is 5.66. The van der Waals surface area contributed by atoms with Gasteiger partial charge in [0, 0.05) is 38.0 Å². The highest BCUT2D eigenvalue weighted by molar-refractivity contribution is 5.80. The second-order valence-corrected chi connectivity index (χ2v) is 6.96.